The maximum absolute atomic E-state index is 11.8. The van der Waals surface area contributed by atoms with E-state index in [0.717, 1.165) is 12.8 Å². The van der Waals surface area contributed by atoms with Crippen LogP contribution in [-0.4, -0.2) is 11.5 Å². The van der Waals surface area contributed by atoms with E-state index < -0.39 is 0 Å². The Kier molecular flexibility index (Phi) is 3.95. The van der Waals surface area contributed by atoms with Crippen molar-refractivity contribution in [3.05, 3.63) is 60.2 Å². The lowest BCUT2D eigenvalue weighted by molar-refractivity contribution is 0.00314. The summed E-state index contributed by atoms with van der Waals surface area (Å²) >= 11 is 0. The van der Waals surface area contributed by atoms with Crippen LogP contribution in [0.2, 0.25) is 0 Å². The lowest BCUT2D eigenvalue weighted by Crippen LogP contribution is -2.44. The number of benzene rings is 1. The zero-order chi connectivity index (χ0) is 12.8. The fourth-order valence-electron chi connectivity index (χ4n) is 1.86. The van der Waals surface area contributed by atoms with Gasteiger partial charge in [0.1, 0.15) is 0 Å². The maximum atomic E-state index is 11.8. The Morgan fingerprint density at radius 1 is 1.33 bits per heavy atom. The zero-order valence-electron chi connectivity index (χ0n) is 10.4. The molecule has 0 bridgehead atoms. The summed E-state index contributed by atoms with van der Waals surface area (Å²) in [5, 5.41) is 0. The second-order valence-electron chi connectivity index (χ2n) is 4.36. The molecule has 3 nitrogen and oxygen atoms in total. The van der Waals surface area contributed by atoms with Crippen LogP contribution in [0.5, 0.6) is 0 Å². The van der Waals surface area contributed by atoms with E-state index in [1.54, 1.807) is 12.1 Å². The van der Waals surface area contributed by atoms with E-state index in [0.29, 0.717) is 5.56 Å². The molecule has 1 aromatic rings. The van der Waals surface area contributed by atoms with Crippen LogP contribution >= 0.6 is 0 Å². The van der Waals surface area contributed by atoms with E-state index in [2.05, 4.69) is 18.5 Å². The molecule has 0 heterocycles. The molecule has 1 aromatic carbocycles. The van der Waals surface area contributed by atoms with E-state index >= 15 is 0 Å². The summed E-state index contributed by atoms with van der Waals surface area (Å²) in [5.74, 6) is -0.355. The van der Waals surface area contributed by atoms with Gasteiger partial charge in [0.05, 0.1) is 11.1 Å². The average Bonchev–Trinajstić information content (AvgIpc) is 2.47. The van der Waals surface area contributed by atoms with Gasteiger partial charge in [0, 0.05) is 0 Å². The third kappa shape index (κ3) is 2.87. The lowest BCUT2D eigenvalue weighted by atomic mass is 9.90. The van der Waals surface area contributed by atoms with Crippen LogP contribution < -0.4 is 5.48 Å². The van der Waals surface area contributed by atoms with E-state index in [1.165, 1.54) is 0 Å². The zero-order valence-corrected chi connectivity index (χ0v) is 10.4. The molecular weight excluding hydrogens is 226 g/mol. The number of rotatable bonds is 4. The normalized spacial score (nSPS) is 21.8. The molecule has 1 aliphatic carbocycles. The molecule has 0 fully saturated rings. The highest BCUT2D eigenvalue weighted by Gasteiger charge is 2.26. The molecule has 0 amide bonds. The number of hydrogen-bond acceptors (Lipinski definition) is 3. The van der Waals surface area contributed by atoms with Crippen molar-refractivity contribution >= 4 is 5.97 Å². The Morgan fingerprint density at radius 2 is 2.11 bits per heavy atom. The Morgan fingerprint density at radius 3 is 2.72 bits per heavy atom. The average molecular weight is 243 g/mol. The Hall–Kier alpha value is -1.87. The minimum Gasteiger partial charge on any atom is -0.366 e. The molecule has 0 aliphatic heterocycles. The minimum absolute atomic E-state index is 0.279. The molecule has 3 heteroatoms. The minimum atomic E-state index is -0.355. The predicted octanol–water partition coefficient (Wildman–Crippen LogP) is 3.01. The van der Waals surface area contributed by atoms with Gasteiger partial charge in [-0.05, 0) is 25.0 Å². The molecule has 1 unspecified atom stereocenters. The van der Waals surface area contributed by atoms with Gasteiger partial charge in [-0.1, -0.05) is 49.4 Å². The summed E-state index contributed by atoms with van der Waals surface area (Å²) in [6.07, 6.45) is 9.74. The fourth-order valence-corrected chi connectivity index (χ4v) is 1.86. The van der Waals surface area contributed by atoms with Gasteiger partial charge in [0.25, 0.3) is 0 Å². The highest BCUT2D eigenvalue weighted by molar-refractivity contribution is 5.89. The Bertz CT molecular complexity index is 465. The summed E-state index contributed by atoms with van der Waals surface area (Å²) in [5.41, 5.74) is 3.16. The smallest absolute Gasteiger partial charge is 0.356 e. The van der Waals surface area contributed by atoms with Gasteiger partial charge in [-0.2, -0.15) is 0 Å². The number of hydroxylamine groups is 1. The number of carbonyl (C=O) groups is 1. The van der Waals surface area contributed by atoms with Crippen LogP contribution in [0.3, 0.4) is 0 Å². The largest absolute Gasteiger partial charge is 0.366 e. The Labute approximate surface area is 107 Å². The number of nitrogens with one attached hydrogen (secondary N) is 1. The van der Waals surface area contributed by atoms with E-state index in [1.807, 2.05) is 36.4 Å². The molecular formula is C15H17NO2. The molecule has 0 radical (unpaired) electrons. The van der Waals surface area contributed by atoms with Gasteiger partial charge in [-0.25, -0.2) is 4.79 Å². The molecule has 94 valence electrons. The summed E-state index contributed by atoms with van der Waals surface area (Å²) in [6.45, 7) is 2.06. The van der Waals surface area contributed by atoms with Gasteiger partial charge in [-0.3, -0.25) is 0 Å². The van der Waals surface area contributed by atoms with Gasteiger partial charge in [0.15, 0.2) is 0 Å². The van der Waals surface area contributed by atoms with E-state index in [4.69, 9.17) is 4.84 Å². The molecule has 0 spiro atoms. The van der Waals surface area contributed by atoms with Crippen molar-refractivity contribution < 1.29 is 9.63 Å². The topological polar surface area (TPSA) is 38.3 Å². The van der Waals surface area contributed by atoms with Crippen molar-refractivity contribution in [1.29, 1.82) is 0 Å². The second kappa shape index (κ2) is 5.65. The first-order valence-corrected chi connectivity index (χ1v) is 6.13. The van der Waals surface area contributed by atoms with Gasteiger partial charge >= 0.3 is 5.97 Å². The van der Waals surface area contributed by atoms with E-state index in [9.17, 15) is 4.79 Å². The van der Waals surface area contributed by atoms with Crippen LogP contribution in [0.15, 0.2) is 54.6 Å². The van der Waals surface area contributed by atoms with Crippen LogP contribution in [0.1, 0.15) is 30.1 Å². The van der Waals surface area contributed by atoms with Crippen LogP contribution in [-0.2, 0) is 4.84 Å². The molecule has 0 saturated carbocycles. The highest BCUT2D eigenvalue weighted by atomic mass is 16.7. The number of carbonyl (C=O) groups excluding carboxylic acids is 1. The summed E-state index contributed by atoms with van der Waals surface area (Å²) < 4.78 is 0. The quantitative estimate of drug-likeness (QED) is 0.826. The Balaban J connectivity index is 1.97. The first kappa shape index (κ1) is 12.6. The van der Waals surface area contributed by atoms with Crippen molar-refractivity contribution in [1.82, 2.24) is 5.48 Å². The third-order valence-corrected chi connectivity index (χ3v) is 3.13. The van der Waals surface area contributed by atoms with Crippen molar-refractivity contribution in [2.24, 2.45) is 0 Å². The van der Waals surface area contributed by atoms with Gasteiger partial charge in [-0.15, -0.1) is 5.48 Å². The lowest BCUT2D eigenvalue weighted by Gasteiger charge is -2.29. The second-order valence-corrected chi connectivity index (χ2v) is 4.36. The fraction of sp³-hybridized carbons (Fsp3) is 0.267. The molecule has 18 heavy (non-hydrogen) atoms. The van der Waals surface area contributed by atoms with Gasteiger partial charge in [0.2, 0.25) is 0 Å². The summed E-state index contributed by atoms with van der Waals surface area (Å²) in [7, 11) is 0. The molecule has 0 aromatic heterocycles. The summed E-state index contributed by atoms with van der Waals surface area (Å²) in [4.78, 5) is 17.0. The molecule has 1 N–H and O–H groups in total. The van der Waals surface area contributed by atoms with Crippen LogP contribution in [0.25, 0.3) is 0 Å². The molecule has 1 aliphatic rings. The highest BCUT2D eigenvalue weighted by Crippen LogP contribution is 2.21. The van der Waals surface area contributed by atoms with Crippen molar-refractivity contribution in [3.8, 4) is 0 Å². The van der Waals surface area contributed by atoms with Crippen molar-refractivity contribution in [3.63, 3.8) is 0 Å². The van der Waals surface area contributed by atoms with E-state index in [-0.39, 0.29) is 11.5 Å². The number of hydrogen-bond donors (Lipinski definition) is 1. The maximum Gasteiger partial charge on any atom is 0.356 e. The SMILES string of the molecule is CCC1(NOC(=O)c2ccccc2)C=CC=CC1. The van der Waals surface area contributed by atoms with Crippen LogP contribution in [0.4, 0.5) is 0 Å². The predicted molar refractivity (Wildman–Crippen MR) is 70.9 cm³/mol. The van der Waals surface area contributed by atoms with Crippen molar-refractivity contribution in [2.45, 2.75) is 25.3 Å². The number of allylic oxidation sites excluding steroid dienone is 2. The van der Waals surface area contributed by atoms with Gasteiger partial charge < -0.3 is 4.84 Å². The standard InChI is InChI=1S/C15H17NO2/c1-2-15(11-7-4-8-12-15)16-18-14(17)13-9-5-3-6-10-13/h3-11,16H,2,12H2,1H3. The molecule has 2 rings (SSSR count). The molecule has 0 saturated heterocycles. The monoisotopic (exact) mass is 243 g/mol. The first-order chi connectivity index (χ1) is 8.76. The summed E-state index contributed by atoms with van der Waals surface area (Å²) in [6, 6.07) is 8.97. The molecule has 1 atom stereocenters. The van der Waals surface area contributed by atoms with Crippen molar-refractivity contribution in [2.75, 3.05) is 0 Å². The third-order valence-electron chi connectivity index (χ3n) is 3.13. The van der Waals surface area contributed by atoms with Crippen LogP contribution in [0, 0.1) is 0 Å². The first-order valence-electron chi connectivity index (χ1n) is 6.13.